The van der Waals surface area contributed by atoms with E-state index in [1.807, 2.05) is 13.8 Å². The Kier molecular flexibility index (Phi) is 3.66. The minimum absolute atomic E-state index is 0.144. The lowest BCUT2D eigenvalue weighted by Gasteiger charge is -2.15. The fourth-order valence-electron chi connectivity index (χ4n) is 1.44. The molecule has 0 heterocycles. The molecule has 1 aromatic carbocycles. The summed E-state index contributed by atoms with van der Waals surface area (Å²) < 4.78 is 37.9. The Bertz CT molecular complexity index is 342. The molecule has 0 saturated heterocycles. The molecule has 84 valence electrons. The zero-order valence-electron chi connectivity index (χ0n) is 8.53. The SMILES string of the molecule is CC(C)Cc1c(Cl)cccc1C(F)(F)F. The fraction of sp³-hybridized carbons (Fsp3) is 0.455. The molecular weight excluding hydrogens is 225 g/mol. The molecule has 0 unspecified atom stereocenters. The van der Waals surface area contributed by atoms with Gasteiger partial charge in [0.1, 0.15) is 0 Å². The molecular formula is C11H12ClF3. The van der Waals surface area contributed by atoms with E-state index < -0.39 is 11.7 Å². The van der Waals surface area contributed by atoms with Crippen LogP contribution in [0.25, 0.3) is 0 Å². The highest BCUT2D eigenvalue weighted by molar-refractivity contribution is 6.31. The normalized spacial score (nSPS) is 12.2. The van der Waals surface area contributed by atoms with E-state index >= 15 is 0 Å². The van der Waals surface area contributed by atoms with Gasteiger partial charge in [0.15, 0.2) is 0 Å². The lowest BCUT2D eigenvalue weighted by Crippen LogP contribution is -2.11. The van der Waals surface area contributed by atoms with Gasteiger partial charge in [0.05, 0.1) is 5.56 Å². The quantitative estimate of drug-likeness (QED) is 0.706. The Balaban J connectivity index is 3.21. The van der Waals surface area contributed by atoms with Gasteiger partial charge < -0.3 is 0 Å². The molecule has 0 spiro atoms. The number of rotatable bonds is 2. The van der Waals surface area contributed by atoms with Crippen molar-refractivity contribution >= 4 is 11.6 Å². The van der Waals surface area contributed by atoms with Gasteiger partial charge in [0, 0.05) is 5.02 Å². The van der Waals surface area contributed by atoms with E-state index in [0.29, 0.717) is 6.42 Å². The molecule has 0 saturated carbocycles. The molecule has 15 heavy (non-hydrogen) atoms. The predicted octanol–water partition coefficient (Wildman–Crippen LogP) is 4.56. The van der Waals surface area contributed by atoms with Crippen molar-refractivity contribution in [1.29, 1.82) is 0 Å². The van der Waals surface area contributed by atoms with Crippen molar-refractivity contribution in [3.05, 3.63) is 34.3 Å². The van der Waals surface area contributed by atoms with Gasteiger partial charge in [-0.2, -0.15) is 13.2 Å². The van der Waals surface area contributed by atoms with Gasteiger partial charge >= 0.3 is 6.18 Å². The molecule has 0 aliphatic rings. The molecule has 0 N–H and O–H groups in total. The van der Waals surface area contributed by atoms with E-state index in [1.54, 1.807) is 0 Å². The second kappa shape index (κ2) is 4.44. The molecule has 0 aliphatic heterocycles. The van der Waals surface area contributed by atoms with Crippen molar-refractivity contribution in [2.24, 2.45) is 5.92 Å². The topological polar surface area (TPSA) is 0 Å². The van der Waals surface area contributed by atoms with E-state index in [4.69, 9.17) is 11.6 Å². The summed E-state index contributed by atoms with van der Waals surface area (Å²) in [6, 6.07) is 3.90. The van der Waals surface area contributed by atoms with Gasteiger partial charge in [-0.05, 0) is 30.0 Å². The second-order valence-corrected chi connectivity index (χ2v) is 4.27. The van der Waals surface area contributed by atoms with E-state index in [1.165, 1.54) is 12.1 Å². The van der Waals surface area contributed by atoms with Crippen LogP contribution in [-0.2, 0) is 12.6 Å². The Morgan fingerprint density at radius 2 is 1.87 bits per heavy atom. The number of alkyl halides is 3. The first kappa shape index (κ1) is 12.4. The molecule has 0 amide bonds. The highest BCUT2D eigenvalue weighted by atomic mass is 35.5. The summed E-state index contributed by atoms with van der Waals surface area (Å²) >= 11 is 5.78. The van der Waals surface area contributed by atoms with Crippen LogP contribution in [0.4, 0.5) is 13.2 Å². The number of halogens is 4. The molecule has 4 heteroatoms. The van der Waals surface area contributed by atoms with E-state index in [-0.39, 0.29) is 16.5 Å². The summed E-state index contributed by atoms with van der Waals surface area (Å²) in [4.78, 5) is 0. The third-order valence-corrected chi connectivity index (χ3v) is 2.39. The van der Waals surface area contributed by atoms with Crippen LogP contribution < -0.4 is 0 Å². The maximum absolute atomic E-state index is 12.6. The average Bonchev–Trinajstić information content (AvgIpc) is 2.05. The van der Waals surface area contributed by atoms with Gasteiger partial charge in [-0.15, -0.1) is 0 Å². The standard InChI is InChI=1S/C11H12ClF3/c1-7(2)6-8-9(11(13,14)15)4-3-5-10(8)12/h3-5,7H,6H2,1-2H3. The Morgan fingerprint density at radius 3 is 2.33 bits per heavy atom. The van der Waals surface area contributed by atoms with Crippen molar-refractivity contribution in [3.8, 4) is 0 Å². The number of hydrogen-bond acceptors (Lipinski definition) is 0. The van der Waals surface area contributed by atoms with Crippen LogP contribution in [0.2, 0.25) is 5.02 Å². The fourth-order valence-corrected chi connectivity index (χ4v) is 1.69. The highest BCUT2D eigenvalue weighted by Gasteiger charge is 2.33. The first-order valence-electron chi connectivity index (χ1n) is 4.67. The maximum atomic E-state index is 12.6. The summed E-state index contributed by atoms with van der Waals surface area (Å²) in [5.41, 5.74) is -0.426. The largest absolute Gasteiger partial charge is 0.416 e. The minimum atomic E-state index is -4.32. The molecule has 1 aromatic rings. The van der Waals surface area contributed by atoms with Gasteiger partial charge in [-0.25, -0.2) is 0 Å². The van der Waals surface area contributed by atoms with Gasteiger partial charge in [0.2, 0.25) is 0 Å². The maximum Gasteiger partial charge on any atom is 0.416 e. The summed E-state index contributed by atoms with van der Waals surface area (Å²) in [6.07, 6.45) is -3.98. The molecule has 0 atom stereocenters. The average molecular weight is 237 g/mol. The third-order valence-electron chi connectivity index (χ3n) is 2.04. The lowest BCUT2D eigenvalue weighted by molar-refractivity contribution is -0.138. The van der Waals surface area contributed by atoms with Gasteiger partial charge in [-0.1, -0.05) is 31.5 Å². The second-order valence-electron chi connectivity index (χ2n) is 3.86. The zero-order chi connectivity index (χ0) is 11.6. The molecule has 0 aromatic heterocycles. The van der Waals surface area contributed by atoms with Crippen molar-refractivity contribution < 1.29 is 13.2 Å². The Hall–Kier alpha value is -0.700. The zero-order valence-corrected chi connectivity index (χ0v) is 9.28. The highest BCUT2D eigenvalue weighted by Crippen LogP contribution is 2.35. The third kappa shape index (κ3) is 3.13. The molecule has 0 radical (unpaired) electrons. The predicted molar refractivity (Wildman–Crippen MR) is 55.0 cm³/mol. The van der Waals surface area contributed by atoms with Crippen molar-refractivity contribution in [2.75, 3.05) is 0 Å². The smallest absolute Gasteiger partial charge is 0.166 e. The van der Waals surface area contributed by atoms with Crippen LogP contribution in [0.15, 0.2) is 18.2 Å². The van der Waals surface area contributed by atoms with Crippen LogP contribution in [0.1, 0.15) is 25.0 Å². The number of hydrogen-bond donors (Lipinski definition) is 0. The van der Waals surface area contributed by atoms with Gasteiger partial charge in [-0.3, -0.25) is 0 Å². The Labute approximate surface area is 92.1 Å². The molecule has 0 fully saturated rings. The van der Waals surface area contributed by atoms with E-state index in [9.17, 15) is 13.2 Å². The summed E-state index contributed by atoms with van der Waals surface area (Å²) in [6.45, 7) is 3.73. The lowest BCUT2D eigenvalue weighted by atomic mass is 9.97. The summed E-state index contributed by atoms with van der Waals surface area (Å²) in [7, 11) is 0. The van der Waals surface area contributed by atoms with Crippen LogP contribution in [0, 0.1) is 5.92 Å². The van der Waals surface area contributed by atoms with E-state index in [0.717, 1.165) is 6.07 Å². The van der Waals surface area contributed by atoms with Crippen LogP contribution in [0.5, 0.6) is 0 Å². The first-order chi connectivity index (χ1) is 6.82. The summed E-state index contributed by atoms with van der Waals surface area (Å²) in [5.74, 6) is 0.144. The van der Waals surface area contributed by atoms with Gasteiger partial charge in [0.25, 0.3) is 0 Å². The van der Waals surface area contributed by atoms with Crippen molar-refractivity contribution in [1.82, 2.24) is 0 Å². The first-order valence-corrected chi connectivity index (χ1v) is 5.04. The molecule has 1 rings (SSSR count). The number of benzene rings is 1. The Morgan fingerprint density at radius 1 is 1.27 bits per heavy atom. The molecule has 0 nitrogen and oxygen atoms in total. The van der Waals surface area contributed by atoms with Crippen LogP contribution in [0.3, 0.4) is 0 Å². The van der Waals surface area contributed by atoms with Crippen molar-refractivity contribution in [2.45, 2.75) is 26.4 Å². The van der Waals surface area contributed by atoms with Crippen molar-refractivity contribution in [3.63, 3.8) is 0 Å². The van der Waals surface area contributed by atoms with Crippen LogP contribution in [-0.4, -0.2) is 0 Å². The monoisotopic (exact) mass is 236 g/mol. The molecule has 0 bridgehead atoms. The van der Waals surface area contributed by atoms with E-state index in [2.05, 4.69) is 0 Å². The summed E-state index contributed by atoms with van der Waals surface area (Å²) in [5, 5.41) is 0.193. The molecule has 0 aliphatic carbocycles. The minimum Gasteiger partial charge on any atom is -0.166 e. The van der Waals surface area contributed by atoms with Crippen LogP contribution >= 0.6 is 11.6 Å².